The van der Waals surface area contributed by atoms with Crippen molar-refractivity contribution in [1.29, 1.82) is 0 Å². The van der Waals surface area contributed by atoms with E-state index in [4.69, 9.17) is 17.0 Å². The highest BCUT2D eigenvalue weighted by atomic mass is 32.1. The van der Waals surface area contributed by atoms with Gasteiger partial charge in [0, 0.05) is 4.88 Å². The standard InChI is InChI=1S/C22H26N2O2S2/c1-5-22(2,3)13-10-11-14-17(12-13)28-19-18(14)20(25)24(21(27)23-19)15-8-6-7-9-16(15)26-4/h6-9,13H,5,10-12H2,1-4H3,(H,23,27). The van der Waals surface area contributed by atoms with Gasteiger partial charge in [0.1, 0.15) is 10.6 Å². The fourth-order valence-corrected chi connectivity index (χ4v) is 5.91. The Hall–Kier alpha value is -1.92. The van der Waals surface area contributed by atoms with Crippen molar-refractivity contribution in [3.63, 3.8) is 0 Å². The number of benzene rings is 1. The molecule has 0 aliphatic heterocycles. The maximum atomic E-state index is 13.5. The van der Waals surface area contributed by atoms with Crippen LogP contribution < -0.4 is 10.3 Å². The molecule has 0 saturated carbocycles. The Balaban J connectivity index is 1.90. The molecule has 1 unspecified atom stereocenters. The Morgan fingerprint density at radius 3 is 2.82 bits per heavy atom. The van der Waals surface area contributed by atoms with Gasteiger partial charge in [-0.3, -0.25) is 4.79 Å². The van der Waals surface area contributed by atoms with Crippen LogP contribution in [0.15, 0.2) is 29.1 Å². The Labute approximate surface area is 174 Å². The molecule has 148 valence electrons. The first-order valence-electron chi connectivity index (χ1n) is 9.80. The lowest BCUT2D eigenvalue weighted by atomic mass is 9.70. The van der Waals surface area contributed by atoms with Gasteiger partial charge in [-0.2, -0.15) is 0 Å². The van der Waals surface area contributed by atoms with Crippen LogP contribution in [0.3, 0.4) is 0 Å². The van der Waals surface area contributed by atoms with E-state index < -0.39 is 0 Å². The van der Waals surface area contributed by atoms with Gasteiger partial charge in [-0.05, 0) is 60.5 Å². The maximum absolute atomic E-state index is 13.5. The Morgan fingerprint density at radius 1 is 1.36 bits per heavy atom. The summed E-state index contributed by atoms with van der Waals surface area (Å²) in [6.07, 6.45) is 4.30. The van der Waals surface area contributed by atoms with Gasteiger partial charge in [-0.25, -0.2) is 4.57 Å². The number of ether oxygens (including phenoxy) is 1. The molecule has 2 aromatic heterocycles. The molecule has 28 heavy (non-hydrogen) atoms. The van der Waals surface area contributed by atoms with Gasteiger partial charge in [0.15, 0.2) is 4.77 Å². The minimum absolute atomic E-state index is 0.0473. The first-order valence-corrected chi connectivity index (χ1v) is 11.0. The van der Waals surface area contributed by atoms with Gasteiger partial charge < -0.3 is 9.72 Å². The third-order valence-corrected chi connectivity index (χ3v) is 7.90. The van der Waals surface area contributed by atoms with Crippen LogP contribution in [0.25, 0.3) is 15.9 Å². The Bertz CT molecular complexity index is 1150. The van der Waals surface area contributed by atoms with E-state index in [1.165, 1.54) is 16.9 Å². The molecule has 0 radical (unpaired) electrons. The summed E-state index contributed by atoms with van der Waals surface area (Å²) < 4.78 is 7.45. The molecule has 3 aromatic rings. The number of aromatic nitrogens is 2. The van der Waals surface area contributed by atoms with Crippen LogP contribution in [0.2, 0.25) is 0 Å². The molecule has 2 heterocycles. The molecule has 1 atom stereocenters. The van der Waals surface area contributed by atoms with Crippen LogP contribution in [0.4, 0.5) is 0 Å². The van der Waals surface area contributed by atoms with E-state index in [0.717, 1.165) is 29.5 Å². The minimum atomic E-state index is -0.0473. The fourth-order valence-electron chi connectivity index (χ4n) is 4.25. The van der Waals surface area contributed by atoms with Crippen molar-refractivity contribution in [1.82, 2.24) is 9.55 Å². The number of hydrogen-bond acceptors (Lipinski definition) is 4. The van der Waals surface area contributed by atoms with Crippen molar-refractivity contribution in [2.75, 3.05) is 7.11 Å². The zero-order valence-corrected chi connectivity index (χ0v) is 18.4. The molecule has 0 saturated heterocycles. The second kappa shape index (κ2) is 7.16. The van der Waals surface area contributed by atoms with E-state index >= 15 is 0 Å². The Morgan fingerprint density at radius 2 is 2.11 bits per heavy atom. The molecule has 6 heteroatoms. The highest BCUT2D eigenvalue weighted by Crippen LogP contribution is 2.43. The summed E-state index contributed by atoms with van der Waals surface area (Å²) in [4.78, 5) is 19.1. The van der Waals surface area contributed by atoms with Gasteiger partial charge in [-0.15, -0.1) is 11.3 Å². The molecule has 1 aliphatic rings. The predicted molar refractivity (Wildman–Crippen MR) is 119 cm³/mol. The number of thiophene rings is 1. The quantitative estimate of drug-likeness (QED) is 0.560. The highest BCUT2D eigenvalue weighted by Gasteiger charge is 2.33. The van der Waals surface area contributed by atoms with E-state index in [1.807, 2.05) is 24.3 Å². The molecule has 4 rings (SSSR count). The van der Waals surface area contributed by atoms with E-state index in [9.17, 15) is 4.79 Å². The van der Waals surface area contributed by atoms with Crippen LogP contribution in [0, 0.1) is 16.1 Å². The third kappa shape index (κ3) is 3.03. The highest BCUT2D eigenvalue weighted by molar-refractivity contribution is 7.71. The van der Waals surface area contributed by atoms with Gasteiger partial charge in [-0.1, -0.05) is 39.3 Å². The summed E-state index contributed by atoms with van der Waals surface area (Å²) in [5.41, 5.74) is 2.16. The number of rotatable bonds is 4. The summed E-state index contributed by atoms with van der Waals surface area (Å²) in [5.74, 6) is 1.29. The van der Waals surface area contributed by atoms with E-state index in [-0.39, 0.29) is 5.56 Å². The van der Waals surface area contributed by atoms with E-state index in [0.29, 0.717) is 27.5 Å². The maximum Gasteiger partial charge on any atom is 0.268 e. The molecule has 1 N–H and O–H groups in total. The summed E-state index contributed by atoms with van der Waals surface area (Å²) in [6.45, 7) is 6.99. The van der Waals surface area contributed by atoms with Crippen LogP contribution >= 0.6 is 23.6 Å². The van der Waals surface area contributed by atoms with E-state index in [1.54, 1.807) is 23.0 Å². The number of aryl methyl sites for hydroxylation is 1. The number of H-pyrrole nitrogens is 1. The number of nitrogens with one attached hydrogen (secondary N) is 1. The molecular weight excluding hydrogens is 388 g/mol. The SMILES string of the molecule is CCC(C)(C)C1CCc2c(sc3[nH]c(=S)n(-c4ccccc4OC)c(=O)c23)C1. The third-order valence-electron chi connectivity index (χ3n) is 6.45. The molecule has 0 spiro atoms. The van der Waals surface area contributed by atoms with Crippen molar-refractivity contribution in [2.24, 2.45) is 11.3 Å². The summed E-state index contributed by atoms with van der Waals surface area (Å²) in [5, 5.41) is 0.798. The predicted octanol–water partition coefficient (Wildman–Crippen LogP) is 5.66. The topological polar surface area (TPSA) is 47.0 Å². The lowest BCUT2D eigenvalue weighted by molar-refractivity contribution is 0.184. The van der Waals surface area contributed by atoms with Crippen LogP contribution in [0.1, 0.15) is 44.1 Å². The molecule has 1 aromatic carbocycles. The zero-order valence-electron chi connectivity index (χ0n) is 16.8. The second-order valence-corrected chi connectivity index (χ2v) is 9.72. The summed E-state index contributed by atoms with van der Waals surface area (Å²) in [6, 6.07) is 7.50. The van der Waals surface area contributed by atoms with Crippen LogP contribution in [-0.2, 0) is 12.8 Å². The molecule has 4 nitrogen and oxygen atoms in total. The van der Waals surface area contributed by atoms with Crippen molar-refractivity contribution in [3.8, 4) is 11.4 Å². The van der Waals surface area contributed by atoms with Crippen molar-refractivity contribution >= 4 is 33.8 Å². The minimum Gasteiger partial charge on any atom is -0.495 e. The van der Waals surface area contributed by atoms with Gasteiger partial charge in [0.2, 0.25) is 0 Å². The number of aromatic amines is 1. The van der Waals surface area contributed by atoms with Gasteiger partial charge in [0.05, 0.1) is 18.2 Å². The fraction of sp³-hybridized carbons (Fsp3) is 0.455. The van der Waals surface area contributed by atoms with E-state index in [2.05, 4.69) is 25.8 Å². The second-order valence-electron chi connectivity index (χ2n) is 8.23. The normalized spacial score (nSPS) is 16.9. The van der Waals surface area contributed by atoms with Gasteiger partial charge >= 0.3 is 0 Å². The summed E-state index contributed by atoms with van der Waals surface area (Å²) in [7, 11) is 1.61. The number of fused-ring (bicyclic) bond motifs is 3. The lowest BCUT2D eigenvalue weighted by Gasteiger charge is -2.36. The first-order chi connectivity index (χ1) is 13.4. The molecule has 1 aliphatic carbocycles. The molecule has 0 bridgehead atoms. The number of para-hydroxylation sites is 2. The monoisotopic (exact) mass is 414 g/mol. The zero-order chi connectivity index (χ0) is 20.1. The molecular formula is C22H26N2O2S2. The van der Waals surface area contributed by atoms with Crippen molar-refractivity contribution < 1.29 is 4.74 Å². The number of methoxy groups -OCH3 is 1. The van der Waals surface area contributed by atoms with Gasteiger partial charge in [0.25, 0.3) is 5.56 Å². The Kier molecular flexibility index (Phi) is 4.96. The molecule has 0 fully saturated rings. The molecule has 0 amide bonds. The number of hydrogen-bond donors (Lipinski definition) is 1. The number of nitrogens with zero attached hydrogens (tertiary/aromatic N) is 1. The smallest absolute Gasteiger partial charge is 0.268 e. The summed E-state index contributed by atoms with van der Waals surface area (Å²) >= 11 is 7.26. The average molecular weight is 415 g/mol. The first kappa shape index (κ1) is 19.4. The lowest BCUT2D eigenvalue weighted by Crippen LogP contribution is -2.29. The van der Waals surface area contributed by atoms with Crippen molar-refractivity contribution in [3.05, 3.63) is 49.8 Å². The van der Waals surface area contributed by atoms with Crippen LogP contribution in [0.5, 0.6) is 5.75 Å². The average Bonchev–Trinajstić information content (AvgIpc) is 3.05. The van der Waals surface area contributed by atoms with Crippen LogP contribution in [-0.4, -0.2) is 16.7 Å². The largest absolute Gasteiger partial charge is 0.495 e. The van der Waals surface area contributed by atoms with Crippen molar-refractivity contribution in [2.45, 2.75) is 46.5 Å².